The molecule has 2 amide bonds. The predicted octanol–water partition coefficient (Wildman–Crippen LogP) is 6.77. The minimum atomic E-state index is -0.350. The smallest absolute Gasteiger partial charge is 0.305 e. The molecule has 224 valence electrons. The fourth-order valence-electron chi connectivity index (χ4n) is 8.19. The van der Waals surface area contributed by atoms with E-state index in [0.29, 0.717) is 23.8 Å². The highest BCUT2D eigenvalue weighted by atomic mass is 79.9. The first-order valence-electron chi connectivity index (χ1n) is 14.7. The zero-order valence-corrected chi connectivity index (χ0v) is 27.2. The number of ether oxygens (including phenoxy) is 2. The van der Waals surface area contributed by atoms with Gasteiger partial charge in [0.15, 0.2) is 11.5 Å². The first-order valence-corrected chi connectivity index (χ1v) is 17.2. The van der Waals surface area contributed by atoms with Gasteiger partial charge in [-0.15, -0.1) is 11.8 Å². The molecular formula is C34H29BrN2O5S2. The van der Waals surface area contributed by atoms with E-state index in [-0.39, 0.29) is 57.4 Å². The van der Waals surface area contributed by atoms with Crippen molar-refractivity contribution in [3.05, 3.63) is 102 Å². The van der Waals surface area contributed by atoms with Crippen molar-refractivity contribution in [2.45, 2.75) is 36.1 Å². The average Bonchev–Trinajstić information content (AvgIpc) is 3.75. The number of nitrogens with zero attached hydrogens (tertiary/aromatic N) is 1. The van der Waals surface area contributed by atoms with E-state index in [0.717, 1.165) is 31.9 Å². The Labute approximate surface area is 271 Å². The molecular weight excluding hydrogens is 660 g/mol. The van der Waals surface area contributed by atoms with Gasteiger partial charge in [0, 0.05) is 20.5 Å². The quantitative estimate of drug-likeness (QED) is 0.225. The van der Waals surface area contributed by atoms with E-state index >= 15 is 0 Å². The van der Waals surface area contributed by atoms with Crippen LogP contribution < -0.4 is 19.2 Å². The number of amides is 2. The van der Waals surface area contributed by atoms with Gasteiger partial charge in [-0.3, -0.25) is 19.3 Å². The Morgan fingerprint density at radius 3 is 2.48 bits per heavy atom. The molecule has 1 aromatic heterocycles. The van der Waals surface area contributed by atoms with Gasteiger partial charge < -0.3 is 14.5 Å². The molecule has 7 atom stereocenters. The summed E-state index contributed by atoms with van der Waals surface area (Å²) in [6, 6.07) is 21.6. The number of aryl methyl sites for hydroxylation is 1. The number of rotatable bonds is 6. The third-order valence-corrected chi connectivity index (χ3v) is 12.9. The van der Waals surface area contributed by atoms with Crippen LogP contribution in [0.2, 0.25) is 0 Å². The lowest BCUT2D eigenvalue weighted by Crippen LogP contribution is -2.42. The number of fused-ring (bicyclic) bond motifs is 9. The van der Waals surface area contributed by atoms with Crippen LogP contribution in [0.3, 0.4) is 0 Å². The summed E-state index contributed by atoms with van der Waals surface area (Å²) in [6.07, 6.45) is 0.841. The van der Waals surface area contributed by atoms with Crippen molar-refractivity contribution < 1.29 is 19.1 Å². The maximum absolute atomic E-state index is 14.0. The van der Waals surface area contributed by atoms with Gasteiger partial charge in [0.25, 0.3) is 0 Å². The molecule has 3 fully saturated rings. The lowest BCUT2D eigenvalue weighted by Gasteiger charge is -2.43. The topological polar surface area (TPSA) is 88.7 Å². The molecule has 2 aliphatic heterocycles. The van der Waals surface area contributed by atoms with Crippen molar-refractivity contribution >= 4 is 56.5 Å². The third kappa shape index (κ3) is 4.32. The van der Waals surface area contributed by atoms with Crippen molar-refractivity contribution in [2.24, 2.45) is 29.6 Å². The van der Waals surface area contributed by atoms with Crippen molar-refractivity contribution in [3.63, 3.8) is 0 Å². The van der Waals surface area contributed by atoms with Crippen LogP contribution in [0.4, 0.5) is 5.69 Å². The first kappa shape index (κ1) is 28.2. The van der Waals surface area contributed by atoms with Gasteiger partial charge in [0.2, 0.25) is 11.8 Å². The first-order chi connectivity index (χ1) is 21.3. The Kier molecular flexibility index (Phi) is 6.80. The maximum atomic E-state index is 14.0. The molecule has 4 aliphatic rings. The standard InChI is InChI=1S/C34H29BrN2O5S2/c1-16-4-3-5-17(12-16)15-42-23-11-6-18(13-24(23)41-2)25-26-21-14-22(29(26)43-31-30(25)44-34(40)36-31)28-27(21)32(38)37(33(28)39)20-9-7-19(35)8-10-20/h3-13,21-22,25-29H,14-15H2,1-2H3,(H,36,40)/t21?,22?,25-,26?,27?,28?,29?/m1/s1. The minimum absolute atomic E-state index is 0.0398. The molecule has 2 aliphatic carbocycles. The molecule has 0 radical (unpaired) electrons. The van der Waals surface area contributed by atoms with Crippen LogP contribution in [0.15, 0.2) is 81.0 Å². The monoisotopic (exact) mass is 688 g/mol. The summed E-state index contributed by atoms with van der Waals surface area (Å²) in [5.74, 6) is 0.528. The fraction of sp³-hybridized carbons (Fsp3) is 0.324. The van der Waals surface area contributed by atoms with Crippen LogP contribution in [0.25, 0.3) is 0 Å². The molecule has 2 saturated carbocycles. The Morgan fingerprint density at radius 2 is 1.73 bits per heavy atom. The lowest BCUT2D eigenvalue weighted by atomic mass is 9.68. The highest BCUT2D eigenvalue weighted by molar-refractivity contribution is 9.10. The number of aromatic nitrogens is 1. The number of thioether (sulfide) groups is 1. The summed E-state index contributed by atoms with van der Waals surface area (Å²) in [5, 5.41) is 1.00. The Hall–Kier alpha value is -3.34. The normalized spacial score (nSPS) is 28.2. The van der Waals surface area contributed by atoms with Gasteiger partial charge in [-0.05, 0) is 78.6 Å². The molecule has 8 rings (SSSR count). The van der Waals surface area contributed by atoms with Crippen molar-refractivity contribution in [1.82, 2.24) is 4.98 Å². The van der Waals surface area contributed by atoms with Crippen molar-refractivity contribution in [2.75, 3.05) is 12.0 Å². The molecule has 2 bridgehead atoms. The number of aromatic amines is 1. The summed E-state index contributed by atoms with van der Waals surface area (Å²) < 4.78 is 12.9. The number of methoxy groups -OCH3 is 1. The number of nitrogens with one attached hydrogen (secondary N) is 1. The van der Waals surface area contributed by atoms with E-state index in [4.69, 9.17) is 9.47 Å². The van der Waals surface area contributed by atoms with Gasteiger partial charge in [0.05, 0.1) is 29.7 Å². The lowest BCUT2D eigenvalue weighted by molar-refractivity contribution is -0.123. The SMILES string of the molecule is COc1cc([C@H]2c3sc(=O)[nH]c3SC3C4CC(C5C(=O)N(c6ccc(Br)cc6)C(=O)C45)C32)ccc1OCc1cccc(C)c1. The van der Waals surface area contributed by atoms with Crippen LogP contribution in [0.5, 0.6) is 11.5 Å². The number of hydrogen-bond donors (Lipinski definition) is 1. The second-order valence-electron chi connectivity index (χ2n) is 12.1. The molecule has 3 aromatic carbocycles. The van der Waals surface area contributed by atoms with Crippen molar-refractivity contribution in [3.8, 4) is 11.5 Å². The number of halogens is 1. The van der Waals surface area contributed by atoms with Crippen LogP contribution in [-0.2, 0) is 16.2 Å². The number of thiazole rings is 1. The van der Waals surface area contributed by atoms with E-state index in [1.54, 1.807) is 18.9 Å². The zero-order chi connectivity index (χ0) is 30.3. The highest BCUT2D eigenvalue weighted by Crippen LogP contribution is 2.68. The molecule has 44 heavy (non-hydrogen) atoms. The Morgan fingerprint density at radius 1 is 0.955 bits per heavy atom. The second kappa shape index (κ2) is 10.6. The van der Waals surface area contributed by atoms with Crippen LogP contribution in [-0.4, -0.2) is 29.2 Å². The number of carbonyl (C=O) groups is 2. The summed E-state index contributed by atoms with van der Waals surface area (Å²) in [5.41, 5.74) is 3.91. The predicted molar refractivity (Wildman–Crippen MR) is 174 cm³/mol. The van der Waals surface area contributed by atoms with Crippen LogP contribution in [0.1, 0.15) is 33.9 Å². The van der Waals surface area contributed by atoms with Gasteiger partial charge >= 0.3 is 4.87 Å². The molecule has 7 nitrogen and oxygen atoms in total. The third-order valence-electron chi connectivity index (χ3n) is 9.83. The number of hydrogen-bond acceptors (Lipinski definition) is 7. The van der Waals surface area contributed by atoms with Crippen molar-refractivity contribution in [1.29, 1.82) is 0 Å². The number of carbonyl (C=O) groups excluding carboxylic acids is 2. The number of H-pyrrole nitrogens is 1. The van der Waals surface area contributed by atoms with Gasteiger partial charge in [0.1, 0.15) is 6.61 Å². The molecule has 6 unspecified atom stereocenters. The van der Waals surface area contributed by atoms with Gasteiger partial charge in [-0.2, -0.15) is 0 Å². The minimum Gasteiger partial charge on any atom is -0.493 e. The van der Waals surface area contributed by atoms with E-state index in [2.05, 4.69) is 46.0 Å². The molecule has 0 spiro atoms. The van der Waals surface area contributed by atoms with E-state index in [1.165, 1.54) is 21.8 Å². The molecule has 10 heteroatoms. The summed E-state index contributed by atoms with van der Waals surface area (Å²) in [4.78, 5) is 45.9. The zero-order valence-electron chi connectivity index (χ0n) is 24.0. The maximum Gasteiger partial charge on any atom is 0.305 e. The molecule has 1 N–H and O–H groups in total. The molecule has 3 heterocycles. The van der Waals surface area contributed by atoms with Crippen LogP contribution >= 0.6 is 39.0 Å². The molecule has 1 saturated heterocycles. The summed E-state index contributed by atoms with van der Waals surface area (Å²) >= 11 is 6.39. The largest absolute Gasteiger partial charge is 0.493 e. The van der Waals surface area contributed by atoms with E-state index in [9.17, 15) is 14.4 Å². The fourth-order valence-corrected chi connectivity index (χ4v) is 11.3. The summed E-state index contributed by atoms with van der Waals surface area (Å²) in [6.45, 7) is 2.48. The number of anilines is 1. The highest BCUT2D eigenvalue weighted by Gasteiger charge is 2.69. The Balaban J connectivity index is 1.15. The average molecular weight is 690 g/mol. The number of benzene rings is 3. The van der Waals surface area contributed by atoms with Gasteiger partial charge in [-0.1, -0.05) is 63.2 Å². The second-order valence-corrected chi connectivity index (χ2v) is 15.3. The van der Waals surface area contributed by atoms with Gasteiger partial charge in [-0.25, -0.2) is 0 Å². The van der Waals surface area contributed by atoms with E-state index < -0.39 is 0 Å². The number of imide groups is 1. The van der Waals surface area contributed by atoms with Crippen LogP contribution in [0, 0.1) is 36.5 Å². The Bertz CT molecular complexity index is 1870. The molecule has 4 aromatic rings. The summed E-state index contributed by atoms with van der Waals surface area (Å²) in [7, 11) is 1.64. The van der Waals surface area contributed by atoms with E-state index in [1.807, 2.05) is 48.5 Å².